The summed E-state index contributed by atoms with van der Waals surface area (Å²) >= 11 is 6.68. The Kier molecular flexibility index (Phi) is 5.13. The third kappa shape index (κ3) is 3.92. The molecule has 110 valence electrons. The van der Waals surface area contributed by atoms with Crippen molar-refractivity contribution in [3.05, 3.63) is 49.4 Å². The molecule has 0 unspecified atom stereocenters. The molecular formula is C13H11Br2N3O3. The van der Waals surface area contributed by atoms with Gasteiger partial charge < -0.3 is 10.1 Å². The van der Waals surface area contributed by atoms with Gasteiger partial charge in [0.2, 0.25) is 0 Å². The Balaban J connectivity index is 2.40. The van der Waals surface area contributed by atoms with E-state index in [2.05, 4.69) is 42.2 Å². The first-order chi connectivity index (χ1) is 10.0. The van der Waals surface area contributed by atoms with Gasteiger partial charge in [0.1, 0.15) is 11.6 Å². The summed E-state index contributed by atoms with van der Waals surface area (Å²) in [5.74, 6) is 0.912. The van der Waals surface area contributed by atoms with Gasteiger partial charge in [-0.25, -0.2) is 0 Å². The van der Waals surface area contributed by atoms with Crippen LogP contribution in [0.25, 0.3) is 0 Å². The van der Waals surface area contributed by atoms with E-state index in [1.54, 1.807) is 24.3 Å². The quantitative estimate of drug-likeness (QED) is 0.562. The molecule has 0 saturated heterocycles. The van der Waals surface area contributed by atoms with Crippen molar-refractivity contribution >= 4 is 43.4 Å². The summed E-state index contributed by atoms with van der Waals surface area (Å²) in [5.41, 5.74) is -0.188. The Hall–Kier alpha value is -1.67. The van der Waals surface area contributed by atoms with Gasteiger partial charge in [-0.2, -0.15) is 4.98 Å². The van der Waals surface area contributed by atoms with Crippen LogP contribution in [0.2, 0.25) is 0 Å². The zero-order valence-electron chi connectivity index (χ0n) is 11.0. The second-order valence-corrected chi connectivity index (χ2v) is 5.76. The van der Waals surface area contributed by atoms with Crippen LogP contribution in [0.15, 0.2) is 39.3 Å². The van der Waals surface area contributed by atoms with Crippen molar-refractivity contribution in [3.8, 4) is 11.6 Å². The van der Waals surface area contributed by atoms with E-state index in [0.29, 0.717) is 22.6 Å². The normalized spacial score (nSPS) is 10.2. The largest absolute Gasteiger partial charge is 0.432 e. The second-order valence-electron chi connectivity index (χ2n) is 3.99. The van der Waals surface area contributed by atoms with Crippen molar-refractivity contribution in [1.82, 2.24) is 4.98 Å². The first-order valence-electron chi connectivity index (χ1n) is 6.03. The third-order valence-corrected chi connectivity index (χ3v) is 3.61. The maximum atomic E-state index is 11.1. The summed E-state index contributed by atoms with van der Waals surface area (Å²) in [7, 11) is 0. The molecular weight excluding hydrogens is 406 g/mol. The van der Waals surface area contributed by atoms with E-state index in [4.69, 9.17) is 4.74 Å². The summed E-state index contributed by atoms with van der Waals surface area (Å²) in [6, 6.07) is 8.17. The highest BCUT2D eigenvalue weighted by Gasteiger charge is 2.19. The number of pyridine rings is 1. The average molecular weight is 417 g/mol. The Bertz CT molecular complexity index is 680. The van der Waals surface area contributed by atoms with Crippen LogP contribution in [-0.4, -0.2) is 16.5 Å². The van der Waals surface area contributed by atoms with Crippen molar-refractivity contribution in [2.75, 3.05) is 11.9 Å². The molecule has 0 aliphatic rings. The van der Waals surface area contributed by atoms with Crippen LogP contribution in [0.3, 0.4) is 0 Å². The van der Waals surface area contributed by atoms with E-state index in [9.17, 15) is 10.1 Å². The number of nitrogens with zero attached hydrogens (tertiary/aromatic N) is 2. The van der Waals surface area contributed by atoms with Gasteiger partial charge in [0.15, 0.2) is 0 Å². The molecule has 0 aliphatic carbocycles. The summed E-state index contributed by atoms with van der Waals surface area (Å²) in [4.78, 5) is 14.7. The SMILES string of the molecule is CCNc1ccc([N+](=O)[O-])c(Oc2ccc(Br)cc2Br)n1. The summed E-state index contributed by atoms with van der Waals surface area (Å²) < 4.78 is 7.12. The van der Waals surface area contributed by atoms with E-state index < -0.39 is 4.92 Å². The van der Waals surface area contributed by atoms with Gasteiger partial charge in [-0.3, -0.25) is 10.1 Å². The number of rotatable bonds is 5. The number of anilines is 1. The fourth-order valence-electron chi connectivity index (χ4n) is 1.59. The minimum atomic E-state index is -0.523. The van der Waals surface area contributed by atoms with Gasteiger partial charge in [0.05, 0.1) is 9.40 Å². The molecule has 0 amide bonds. The molecule has 1 heterocycles. The zero-order valence-corrected chi connectivity index (χ0v) is 14.1. The van der Waals surface area contributed by atoms with Crippen LogP contribution in [-0.2, 0) is 0 Å². The lowest BCUT2D eigenvalue weighted by Gasteiger charge is -2.09. The number of aromatic nitrogens is 1. The van der Waals surface area contributed by atoms with E-state index >= 15 is 0 Å². The molecule has 2 aromatic rings. The highest BCUT2D eigenvalue weighted by molar-refractivity contribution is 9.11. The molecule has 6 nitrogen and oxygen atoms in total. The van der Waals surface area contributed by atoms with Crippen molar-refractivity contribution in [1.29, 1.82) is 0 Å². The lowest BCUT2D eigenvalue weighted by molar-refractivity contribution is -0.386. The summed E-state index contributed by atoms with van der Waals surface area (Å²) in [5, 5.41) is 14.1. The van der Waals surface area contributed by atoms with Gasteiger partial charge in [-0.05, 0) is 47.1 Å². The lowest BCUT2D eigenvalue weighted by Crippen LogP contribution is -2.02. The smallest absolute Gasteiger partial charge is 0.331 e. The van der Waals surface area contributed by atoms with Gasteiger partial charge >= 0.3 is 11.6 Å². The first-order valence-corrected chi connectivity index (χ1v) is 7.62. The summed E-state index contributed by atoms with van der Waals surface area (Å²) in [6.45, 7) is 2.57. The second kappa shape index (κ2) is 6.86. The molecule has 1 N–H and O–H groups in total. The Morgan fingerprint density at radius 2 is 2.10 bits per heavy atom. The molecule has 21 heavy (non-hydrogen) atoms. The van der Waals surface area contributed by atoms with E-state index in [-0.39, 0.29) is 11.6 Å². The minimum Gasteiger partial charge on any atom is -0.432 e. The Morgan fingerprint density at radius 1 is 1.33 bits per heavy atom. The van der Waals surface area contributed by atoms with Crippen molar-refractivity contribution in [2.24, 2.45) is 0 Å². The first kappa shape index (κ1) is 15.7. The molecule has 2 rings (SSSR count). The van der Waals surface area contributed by atoms with E-state index in [0.717, 1.165) is 4.47 Å². The molecule has 8 heteroatoms. The van der Waals surface area contributed by atoms with Crippen LogP contribution in [0.4, 0.5) is 11.5 Å². The molecule has 1 aromatic heterocycles. The number of benzene rings is 1. The predicted octanol–water partition coefficient (Wildman–Crippen LogP) is 4.74. The summed E-state index contributed by atoms with van der Waals surface area (Å²) in [6.07, 6.45) is 0. The number of halogens is 2. The molecule has 1 aromatic carbocycles. The topological polar surface area (TPSA) is 77.3 Å². The highest BCUT2D eigenvalue weighted by atomic mass is 79.9. The van der Waals surface area contributed by atoms with Crippen LogP contribution in [0, 0.1) is 10.1 Å². The molecule has 0 atom stereocenters. The maximum absolute atomic E-state index is 11.1. The molecule has 0 bridgehead atoms. The van der Waals surface area contributed by atoms with Gasteiger partial charge in [0, 0.05) is 17.1 Å². The van der Waals surface area contributed by atoms with Crippen LogP contribution < -0.4 is 10.1 Å². The average Bonchev–Trinajstić information content (AvgIpc) is 2.42. The Labute approximate surface area is 137 Å². The van der Waals surface area contributed by atoms with Gasteiger partial charge in [-0.1, -0.05) is 15.9 Å². The zero-order chi connectivity index (χ0) is 15.4. The fourth-order valence-corrected chi connectivity index (χ4v) is 2.72. The van der Waals surface area contributed by atoms with Crippen molar-refractivity contribution in [3.63, 3.8) is 0 Å². The van der Waals surface area contributed by atoms with E-state index in [1.165, 1.54) is 6.07 Å². The highest BCUT2D eigenvalue weighted by Crippen LogP contribution is 2.35. The molecule has 0 aliphatic heterocycles. The molecule has 0 spiro atoms. The standard InChI is InChI=1S/C13H11Br2N3O3/c1-2-16-12-6-4-10(18(19)20)13(17-12)21-11-5-3-8(14)7-9(11)15/h3-7H,2H2,1H3,(H,16,17). The van der Waals surface area contributed by atoms with Crippen LogP contribution in [0.5, 0.6) is 11.6 Å². The number of ether oxygens (including phenoxy) is 1. The number of nitro groups is 1. The molecule has 0 radical (unpaired) electrons. The number of hydrogen-bond acceptors (Lipinski definition) is 5. The van der Waals surface area contributed by atoms with Crippen molar-refractivity contribution < 1.29 is 9.66 Å². The molecule has 0 fully saturated rings. The van der Waals surface area contributed by atoms with Crippen molar-refractivity contribution in [2.45, 2.75) is 6.92 Å². The number of nitrogens with one attached hydrogen (secondary N) is 1. The minimum absolute atomic E-state index is 0.0542. The van der Waals surface area contributed by atoms with Gasteiger partial charge in [-0.15, -0.1) is 0 Å². The van der Waals surface area contributed by atoms with Crippen LogP contribution >= 0.6 is 31.9 Å². The third-order valence-electron chi connectivity index (χ3n) is 2.50. The maximum Gasteiger partial charge on any atom is 0.331 e. The number of hydrogen-bond donors (Lipinski definition) is 1. The monoisotopic (exact) mass is 415 g/mol. The Morgan fingerprint density at radius 3 is 2.71 bits per heavy atom. The van der Waals surface area contributed by atoms with Gasteiger partial charge in [0.25, 0.3) is 0 Å². The fraction of sp³-hybridized carbons (Fsp3) is 0.154. The lowest BCUT2D eigenvalue weighted by atomic mass is 10.3. The molecule has 0 saturated carbocycles. The van der Waals surface area contributed by atoms with E-state index in [1.807, 2.05) is 6.92 Å². The predicted molar refractivity (Wildman–Crippen MR) is 87.0 cm³/mol. The van der Waals surface area contributed by atoms with Crippen LogP contribution in [0.1, 0.15) is 6.92 Å².